The fraction of sp³-hybridized carbons (Fsp3) is 0.200. The molecule has 1 fully saturated rings. The van der Waals surface area contributed by atoms with Gasteiger partial charge in [-0.2, -0.15) is 0 Å². The van der Waals surface area contributed by atoms with Gasteiger partial charge in [0.25, 0.3) is 5.91 Å². The Bertz CT molecular complexity index is 898. The number of aromatic nitrogens is 1. The highest BCUT2D eigenvalue weighted by Gasteiger charge is 2.18. The lowest BCUT2D eigenvalue weighted by Gasteiger charge is -2.17. The summed E-state index contributed by atoms with van der Waals surface area (Å²) in [6.45, 7) is 2.15. The topological polar surface area (TPSA) is 58.4 Å². The van der Waals surface area contributed by atoms with E-state index in [0.717, 1.165) is 18.8 Å². The second-order valence-corrected chi connectivity index (χ2v) is 6.27. The van der Waals surface area contributed by atoms with Gasteiger partial charge in [-0.25, -0.2) is 4.39 Å². The zero-order valence-corrected chi connectivity index (χ0v) is 14.1. The summed E-state index contributed by atoms with van der Waals surface area (Å²) in [5, 5.41) is 6.57. The Morgan fingerprint density at radius 1 is 1.04 bits per heavy atom. The summed E-state index contributed by atoms with van der Waals surface area (Å²) in [5.41, 5.74) is 2.76. The first-order valence-corrected chi connectivity index (χ1v) is 8.58. The number of carbonyl (C=O) groups excluding carboxylic acids is 1. The van der Waals surface area contributed by atoms with Crippen LogP contribution < -0.4 is 10.2 Å². The molecule has 4 rings (SSSR count). The van der Waals surface area contributed by atoms with E-state index in [4.69, 9.17) is 4.52 Å². The van der Waals surface area contributed by atoms with Crippen molar-refractivity contribution in [3.63, 3.8) is 0 Å². The van der Waals surface area contributed by atoms with Gasteiger partial charge >= 0.3 is 0 Å². The van der Waals surface area contributed by atoms with Gasteiger partial charge in [-0.05, 0) is 61.4 Å². The average Bonchev–Trinajstić information content (AvgIpc) is 3.35. The molecule has 0 saturated carbocycles. The first-order chi connectivity index (χ1) is 12.7. The number of hydrogen-bond donors (Lipinski definition) is 1. The number of anilines is 2. The Balaban J connectivity index is 1.50. The third kappa shape index (κ3) is 3.31. The lowest BCUT2D eigenvalue weighted by molar-refractivity contribution is 0.102. The maximum atomic E-state index is 13.1. The molecule has 0 radical (unpaired) electrons. The second kappa shape index (κ2) is 7.00. The molecule has 5 nitrogen and oxygen atoms in total. The number of amides is 1. The average molecular weight is 351 g/mol. The van der Waals surface area contributed by atoms with Gasteiger partial charge in [0.2, 0.25) is 0 Å². The molecule has 3 aromatic rings. The normalized spacial score (nSPS) is 13.8. The summed E-state index contributed by atoms with van der Waals surface area (Å²) >= 11 is 0. The van der Waals surface area contributed by atoms with E-state index in [2.05, 4.69) is 15.4 Å². The maximum absolute atomic E-state index is 13.1. The third-order valence-corrected chi connectivity index (χ3v) is 4.52. The van der Waals surface area contributed by atoms with Crippen LogP contribution in [-0.2, 0) is 0 Å². The molecule has 1 amide bonds. The minimum Gasteiger partial charge on any atom is -0.372 e. The highest BCUT2D eigenvalue weighted by Crippen LogP contribution is 2.26. The van der Waals surface area contributed by atoms with Crippen LogP contribution in [-0.4, -0.2) is 24.2 Å². The summed E-state index contributed by atoms with van der Waals surface area (Å²) in [6, 6.07) is 13.5. The molecule has 26 heavy (non-hydrogen) atoms. The van der Waals surface area contributed by atoms with Crippen LogP contribution in [0.1, 0.15) is 23.2 Å². The number of carbonyl (C=O) groups is 1. The van der Waals surface area contributed by atoms with Crippen molar-refractivity contribution >= 4 is 17.3 Å². The van der Waals surface area contributed by atoms with E-state index in [1.54, 1.807) is 12.1 Å². The third-order valence-electron chi connectivity index (χ3n) is 4.52. The number of nitrogens with zero attached hydrogens (tertiary/aromatic N) is 2. The summed E-state index contributed by atoms with van der Waals surface area (Å²) < 4.78 is 18.3. The van der Waals surface area contributed by atoms with Crippen LogP contribution in [0.2, 0.25) is 0 Å². The summed E-state index contributed by atoms with van der Waals surface area (Å²) in [7, 11) is 0. The molecule has 2 aromatic carbocycles. The number of benzene rings is 2. The molecule has 0 atom stereocenters. The quantitative estimate of drug-likeness (QED) is 0.760. The van der Waals surface area contributed by atoms with Crippen molar-refractivity contribution in [3.05, 3.63) is 66.1 Å². The van der Waals surface area contributed by atoms with Gasteiger partial charge in [0.1, 0.15) is 11.4 Å². The SMILES string of the molecule is O=C(Nc1ccc(N2CCCC2)cc1)c1cnoc1-c1ccc(F)cc1. The van der Waals surface area contributed by atoms with E-state index in [-0.39, 0.29) is 11.7 Å². The van der Waals surface area contributed by atoms with Crippen LogP contribution >= 0.6 is 0 Å². The highest BCUT2D eigenvalue weighted by atomic mass is 19.1. The zero-order chi connectivity index (χ0) is 17.9. The van der Waals surface area contributed by atoms with Crippen LogP contribution in [0.5, 0.6) is 0 Å². The number of halogens is 1. The lowest BCUT2D eigenvalue weighted by atomic mass is 10.1. The van der Waals surface area contributed by atoms with Crippen molar-refractivity contribution in [2.45, 2.75) is 12.8 Å². The summed E-state index contributed by atoms with van der Waals surface area (Å²) in [6.07, 6.45) is 3.81. The van der Waals surface area contributed by atoms with Gasteiger partial charge < -0.3 is 14.7 Å². The van der Waals surface area contributed by atoms with E-state index < -0.39 is 0 Å². The molecular weight excluding hydrogens is 333 g/mol. The Labute approximate surface area is 150 Å². The largest absolute Gasteiger partial charge is 0.372 e. The van der Waals surface area contributed by atoms with E-state index in [9.17, 15) is 9.18 Å². The molecule has 1 saturated heterocycles. The van der Waals surface area contributed by atoms with Crippen LogP contribution in [0.3, 0.4) is 0 Å². The summed E-state index contributed by atoms with van der Waals surface area (Å²) in [5.74, 6) is -0.354. The summed E-state index contributed by atoms with van der Waals surface area (Å²) in [4.78, 5) is 14.9. The number of rotatable bonds is 4. The molecule has 1 aromatic heterocycles. The van der Waals surface area contributed by atoms with Crippen LogP contribution in [0, 0.1) is 5.82 Å². The monoisotopic (exact) mass is 351 g/mol. The number of nitrogens with one attached hydrogen (secondary N) is 1. The molecule has 0 spiro atoms. The van der Waals surface area contributed by atoms with Crippen molar-refractivity contribution in [1.82, 2.24) is 5.16 Å². The van der Waals surface area contributed by atoms with Crippen LogP contribution in [0.4, 0.5) is 15.8 Å². The molecule has 6 heteroatoms. The van der Waals surface area contributed by atoms with Gasteiger partial charge in [0.15, 0.2) is 5.76 Å². The van der Waals surface area contributed by atoms with E-state index in [1.807, 2.05) is 24.3 Å². The Morgan fingerprint density at radius 2 is 1.73 bits per heavy atom. The van der Waals surface area contributed by atoms with Gasteiger partial charge in [-0.3, -0.25) is 4.79 Å². The van der Waals surface area contributed by atoms with Crippen molar-refractivity contribution in [1.29, 1.82) is 0 Å². The zero-order valence-electron chi connectivity index (χ0n) is 14.1. The molecule has 1 N–H and O–H groups in total. The van der Waals surface area contributed by atoms with Crippen LogP contribution in [0.15, 0.2) is 59.3 Å². The van der Waals surface area contributed by atoms with Crippen LogP contribution in [0.25, 0.3) is 11.3 Å². The molecule has 2 heterocycles. The Morgan fingerprint density at radius 3 is 2.42 bits per heavy atom. The minimum atomic E-state index is -0.350. The molecule has 1 aliphatic heterocycles. The van der Waals surface area contributed by atoms with E-state index in [0.29, 0.717) is 22.6 Å². The maximum Gasteiger partial charge on any atom is 0.261 e. The highest BCUT2D eigenvalue weighted by molar-refractivity contribution is 6.07. The number of hydrogen-bond acceptors (Lipinski definition) is 4. The molecule has 0 aliphatic carbocycles. The molecular formula is C20H18FN3O2. The smallest absolute Gasteiger partial charge is 0.261 e. The molecule has 0 unspecified atom stereocenters. The predicted octanol–water partition coefficient (Wildman–Crippen LogP) is 4.33. The first kappa shape index (κ1) is 16.3. The van der Waals surface area contributed by atoms with Gasteiger partial charge in [0.05, 0.1) is 6.20 Å². The second-order valence-electron chi connectivity index (χ2n) is 6.27. The predicted molar refractivity (Wildman–Crippen MR) is 97.7 cm³/mol. The van der Waals surface area contributed by atoms with Crippen molar-refractivity contribution in [2.24, 2.45) is 0 Å². The minimum absolute atomic E-state index is 0.306. The van der Waals surface area contributed by atoms with Gasteiger partial charge in [-0.1, -0.05) is 5.16 Å². The molecule has 1 aliphatic rings. The fourth-order valence-corrected chi connectivity index (χ4v) is 3.14. The van der Waals surface area contributed by atoms with Gasteiger partial charge in [-0.15, -0.1) is 0 Å². The Kier molecular flexibility index (Phi) is 4.39. The van der Waals surface area contributed by atoms with Crippen molar-refractivity contribution in [3.8, 4) is 11.3 Å². The van der Waals surface area contributed by atoms with Gasteiger partial charge in [0, 0.05) is 30.0 Å². The van der Waals surface area contributed by atoms with E-state index >= 15 is 0 Å². The lowest BCUT2D eigenvalue weighted by Crippen LogP contribution is -2.17. The van der Waals surface area contributed by atoms with Crippen molar-refractivity contribution < 1.29 is 13.7 Å². The van der Waals surface area contributed by atoms with E-state index in [1.165, 1.54) is 31.2 Å². The first-order valence-electron chi connectivity index (χ1n) is 8.58. The fourth-order valence-electron chi connectivity index (χ4n) is 3.14. The molecule has 0 bridgehead atoms. The molecule has 132 valence electrons. The Hall–Kier alpha value is -3.15. The standard InChI is InChI=1S/C20H18FN3O2/c21-15-5-3-14(4-6-15)19-18(13-22-26-19)20(25)23-16-7-9-17(10-8-16)24-11-1-2-12-24/h3-10,13H,1-2,11-12H2,(H,23,25). The van der Waals surface area contributed by atoms with Crippen molar-refractivity contribution in [2.75, 3.05) is 23.3 Å².